The van der Waals surface area contributed by atoms with Crippen LogP contribution in [0.5, 0.6) is 0 Å². The summed E-state index contributed by atoms with van der Waals surface area (Å²) in [6.07, 6.45) is 0. The highest BCUT2D eigenvalue weighted by atomic mass is 32.1. The molecule has 210 valence electrons. The topological polar surface area (TPSA) is 56.7 Å². The van der Waals surface area contributed by atoms with Crippen LogP contribution in [0.4, 0.5) is 0 Å². The number of aromatic nitrogens is 4. The van der Waals surface area contributed by atoms with Crippen molar-refractivity contribution < 1.29 is 4.42 Å². The molecule has 0 unspecified atom stereocenters. The van der Waals surface area contributed by atoms with Crippen molar-refractivity contribution in [3.63, 3.8) is 0 Å². The summed E-state index contributed by atoms with van der Waals surface area (Å²) in [6.45, 7) is 0. The van der Waals surface area contributed by atoms with Crippen molar-refractivity contribution in [1.82, 2.24) is 19.5 Å². The second-order valence-electron chi connectivity index (χ2n) is 11.2. The Balaban J connectivity index is 1.41. The SMILES string of the molecule is c1ccc(-c2nc(-c3ccccc3)nc(-n3c4ccc5oc6ccccc6c5c4c4ccc5c6ccccc6sc5c43)n2)cc1. The van der Waals surface area contributed by atoms with Crippen molar-refractivity contribution in [1.29, 1.82) is 0 Å². The van der Waals surface area contributed by atoms with E-state index in [1.54, 1.807) is 0 Å². The van der Waals surface area contributed by atoms with Gasteiger partial charge in [0, 0.05) is 48.1 Å². The number of thiophene rings is 1. The Kier molecular flexibility index (Phi) is 5.09. The first-order valence-corrected chi connectivity index (χ1v) is 15.7. The first kappa shape index (κ1) is 24.6. The fourth-order valence-corrected chi connectivity index (χ4v) is 7.93. The number of rotatable bonds is 3. The maximum atomic E-state index is 6.37. The van der Waals surface area contributed by atoms with Gasteiger partial charge in [0.1, 0.15) is 11.2 Å². The van der Waals surface area contributed by atoms with Gasteiger partial charge in [0.15, 0.2) is 11.6 Å². The third-order valence-electron chi connectivity index (χ3n) is 8.66. The van der Waals surface area contributed by atoms with Crippen LogP contribution in [0.3, 0.4) is 0 Å². The predicted octanol–water partition coefficient (Wildman–Crippen LogP) is 10.6. The molecule has 0 radical (unpaired) electrons. The summed E-state index contributed by atoms with van der Waals surface area (Å²) in [4.78, 5) is 15.3. The van der Waals surface area contributed by atoms with Crippen molar-refractivity contribution in [2.75, 3.05) is 0 Å². The third kappa shape index (κ3) is 3.57. The molecule has 45 heavy (non-hydrogen) atoms. The molecule has 5 nitrogen and oxygen atoms in total. The number of fused-ring (bicyclic) bond motifs is 11. The first-order chi connectivity index (χ1) is 22.3. The van der Waals surface area contributed by atoms with Crippen LogP contribution >= 0.6 is 11.3 Å². The normalized spacial score (nSPS) is 12.0. The van der Waals surface area contributed by atoms with E-state index in [1.165, 1.54) is 20.2 Å². The number of hydrogen-bond donors (Lipinski definition) is 0. The zero-order valence-corrected chi connectivity index (χ0v) is 24.6. The Hall–Kier alpha value is -5.85. The van der Waals surface area contributed by atoms with Gasteiger partial charge in [0.2, 0.25) is 5.95 Å². The van der Waals surface area contributed by atoms with E-state index in [4.69, 9.17) is 19.4 Å². The summed E-state index contributed by atoms with van der Waals surface area (Å²) in [7, 11) is 0. The summed E-state index contributed by atoms with van der Waals surface area (Å²) < 4.78 is 11.1. The molecule has 4 heterocycles. The van der Waals surface area contributed by atoms with Gasteiger partial charge < -0.3 is 4.42 Å². The zero-order chi connectivity index (χ0) is 29.5. The van der Waals surface area contributed by atoms with Crippen molar-refractivity contribution in [3.8, 4) is 28.7 Å². The Morgan fingerprint density at radius 1 is 0.489 bits per heavy atom. The number of benzene rings is 6. The van der Waals surface area contributed by atoms with E-state index in [0.717, 1.165) is 54.9 Å². The lowest BCUT2D eigenvalue weighted by atomic mass is 10.0. The standard InChI is InChI=1S/C39H22N4OS/c1-3-11-23(12-4-1)37-40-38(24-13-5-2-6-14-24)42-39(41-37)43-29-21-22-31-34(27-16-7-9-17-30(27)44-31)33(29)28-20-19-26-25-15-8-10-18-32(25)45-36(26)35(28)43/h1-22H. The fourth-order valence-electron chi connectivity index (χ4n) is 6.69. The second-order valence-corrected chi connectivity index (χ2v) is 12.3. The minimum atomic E-state index is 0.583. The Labute approximate surface area is 260 Å². The molecule has 10 aromatic rings. The highest BCUT2D eigenvalue weighted by Crippen LogP contribution is 2.46. The molecule has 0 bridgehead atoms. The van der Waals surface area contributed by atoms with Crippen LogP contribution in [0.25, 0.3) is 92.6 Å². The van der Waals surface area contributed by atoms with Crippen LogP contribution in [-0.2, 0) is 0 Å². The van der Waals surface area contributed by atoms with E-state index in [0.29, 0.717) is 17.6 Å². The van der Waals surface area contributed by atoms with Gasteiger partial charge in [0.05, 0.1) is 15.7 Å². The van der Waals surface area contributed by atoms with Crippen LogP contribution < -0.4 is 0 Å². The lowest BCUT2D eigenvalue weighted by Gasteiger charge is -2.11. The number of para-hydroxylation sites is 1. The molecule has 0 saturated carbocycles. The van der Waals surface area contributed by atoms with Gasteiger partial charge in [-0.3, -0.25) is 4.57 Å². The van der Waals surface area contributed by atoms with Crippen LogP contribution in [0.15, 0.2) is 138 Å². The van der Waals surface area contributed by atoms with Gasteiger partial charge in [-0.15, -0.1) is 11.3 Å². The molecule has 0 saturated heterocycles. The van der Waals surface area contributed by atoms with Gasteiger partial charge in [-0.25, -0.2) is 4.98 Å². The Morgan fingerprint density at radius 3 is 1.89 bits per heavy atom. The van der Waals surface area contributed by atoms with Crippen LogP contribution in [0, 0.1) is 0 Å². The number of nitrogens with zero attached hydrogens (tertiary/aromatic N) is 4. The van der Waals surface area contributed by atoms with Gasteiger partial charge in [-0.2, -0.15) is 9.97 Å². The summed E-state index contributed by atoms with van der Waals surface area (Å²) >= 11 is 1.81. The zero-order valence-electron chi connectivity index (χ0n) is 23.8. The molecule has 0 aliphatic carbocycles. The molecular weight excluding hydrogens is 573 g/mol. The van der Waals surface area contributed by atoms with E-state index in [1.807, 2.05) is 84.1 Å². The van der Waals surface area contributed by atoms with Crippen LogP contribution in [0.2, 0.25) is 0 Å². The molecular formula is C39H22N4OS. The molecule has 0 spiro atoms. The second kappa shape index (κ2) is 9.32. The van der Waals surface area contributed by atoms with Crippen molar-refractivity contribution in [3.05, 3.63) is 133 Å². The van der Waals surface area contributed by atoms with E-state index < -0.39 is 0 Å². The predicted molar refractivity (Wildman–Crippen MR) is 185 cm³/mol. The lowest BCUT2D eigenvalue weighted by molar-refractivity contribution is 0.669. The van der Waals surface area contributed by atoms with Gasteiger partial charge in [0.25, 0.3) is 0 Å². The summed E-state index contributed by atoms with van der Waals surface area (Å²) in [5.74, 6) is 1.85. The summed E-state index contributed by atoms with van der Waals surface area (Å²) in [5, 5.41) is 6.95. The van der Waals surface area contributed by atoms with E-state index >= 15 is 0 Å². The molecule has 0 atom stereocenters. The van der Waals surface area contributed by atoms with Gasteiger partial charge >= 0.3 is 0 Å². The molecule has 6 heteroatoms. The Bertz CT molecular complexity index is 2700. The molecule has 0 aliphatic rings. The highest BCUT2D eigenvalue weighted by Gasteiger charge is 2.24. The minimum absolute atomic E-state index is 0.583. The first-order valence-electron chi connectivity index (χ1n) is 14.9. The number of furan rings is 1. The average molecular weight is 595 g/mol. The third-order valence-corrected chi connectivity index (χ3v) is 9.86. The van der Waals surface area contributed by atoms with Crippen LogP contribution in [0.1, 0.15) is 0 Å². The maximum Gasteiger partial charge on any atom is 0.238 e. The highest BCUT2D eigenvalue weighted by molar-refractivity contribution is 7.26. The van der Waals surface area contributed by atoms with Gasteiger partial charge in [-0.05, 0) is 24.3 Å². The smallest absolute Gasteiger partial charge is 0.238 e. The van der Waals surface area contributed by atoms with Crippen molar-refractivity contribution in [2.24, 2.45) is 0 Å². The molecule has 0 N–H and O–H groups in total. The quantitative estimate of drug-likeness (QED) is 0.204. The van der Waals surface area contributed by atoms with Crippen molar-refractivity contribution >= 4 is 75.3 Å². The molecule has 4 aromatic heterocycles. The average Bonchev–Trinajstić information content (AvgIpc) is 3.78. The number of hydrogen-bond acceptors (Lipinski definition) is 5. The lowest BCUT2D eigenvalue weighted by Crippen LogP contribution is -2.06. The van der Waals surface area contributed by atoms with E-state index in [-0.39, 0.29) is 0 Å². The van der Waals surface area contributed by atoms with Crippen molar-refractivity contribution in [2.45, 2.75) is 0 Å². The van der Waals surface area contributed by atoms with Gasteiger partial charge in [-0.1, -0.05) is 109 Å². The largest absolute Gasteiger partial charge is 0.456 e. The fraction of sp³-hybridized carbons (Fsp3) is 0. The Morgan fingerprint density at radius 2 is 1.13 bits per heavy atom. The van der Waals surface area contributed by atoms with Crippen LogP contribution in [-0.4, -0.2) is 19.5 Å². The molecule has 0 amide bonds. The minimum Gasteiger partial charge on any atom is -0.456 e. The maximum absolute atomic E-state index is 6.37. The van der Waals surface area contributed by atoms with E-state index in [9.17, 15) is 0 Å². The summed E-state index contributed by atoms with van der Waals surface area (Å²) in [5.41, 5.74) is 5.74. The molecule has 0 fully saturated rings. The molecule has 10 rings (SSSR count). The summed E-state index contributed by atoms with van der Waals surface area (Å²) in [6, 6.07) is 45.9. The monoisotopic (exact) mass is 594 g/mol. The molecule has 6 aromatic carbocycles. The van der Waals surface area contributed by atoms with E-state index in [2.05, 4.69) is 65.2 Å². The molecule has 0 aliphatic heterocycles.